The summed E-state index contributed by atoms with van der Waals surface area (Å²) in [6.45, 7) is 4.73. The van der Waals surface area contributed by atoms with Crippen molar-refractivity contribution in [3.8, 4) is 0 Å². The summed E-state index contributed by atoms with van der Waals surface area (Å²) in [5.41, 5.74) is 0. The number of carboxylic acids is 1. The highest BCUT2D eigenvalue weighted by Crippen LogP contribution is 2.31. The second-order valence-corrected chi connectivity index (χ2v) is 6.05. The van der Waals surface area contributed by atoms with E-state index in [1.807, 2.05) is 0 Å². The van der Waals surface area contributed by atoms with Crippen molar-refractivity contribution in [1.29, 1.82) is 0 Å². The van der Waals surface area contributed by atoms with Crippen molar-refractivity contribution in [2.45, 2.75) is 64.0 Å². The first-order valence-electron chi connectivity index (χ1n) is 7.76. The molecule has 1 saturated heterocycles. The quantitative estimate of drug-likeness (QED) is 0.833. The van der Waals surface area contributed by atoms with Crippen LogP contribution < -0.4 is 0 Å². The lowest BCUT2D eigenvalue weighted by Gasteiger charge is -2.41. The molecule has 0 aromatic heterocycles. The average Bonchev–Trinajstić information content (AvgIpc) is 2.39. The fourth-order valence-corrected chi connectivity index (χ4v) is 3.60. The largest absolute Gasteiger partial charge is 0.481 e. The minimum Gasteiger partial charge on any atom is -0.481 e. The molecule has 110 valence electrons. The zero-order valence-corrected chi connectivity index (χ0v) is 12.0. The molecule has 0 amide bonds. The summed E-state index contributed by atoms with van der Waals surface area (Å²) >= 11 is 0. The lowest BCUT2D eigenvalue weighted by atomic mass is 9.83. The number of ether oxygens (including phenoxy) is 1. The van der Waals surface area contributed by atoms with Crippen molar-refractivity contribution in [3.63, 3.8) is 0 Å². The molecular weight excluding hydrogens is 242 g/mol. The van der Waals surface area contributed by atoms with E-state index < -0.39 is 5.97 Å². The first-order valence-corrected chi connectivity index (χ1v) is 7.76. The molecule has 1 heterocycles. The maximum Gasteiger partial charge on any atom is 0.306 e. The first-order chi connectivity index (χ1) is 9.19. The standard InChI is InChI=1S/C15H27NO3/c1-2-3-12-4-6-13(7-5-12)16-8-9-19-14(11-16)10-15(17)18/h12-14H,2-11H2,1H3,(H,17,18). The zero-order valence-electron chi connectivity index (χ0n) is 12.0. The summed E-state index contributed by atoms with van der Waals surface area (Å²) in [4.78, 5) is 13.2. The highest BCUT2D eigenvalue weighted by molar-refractivity contribution is 5.67. The summed E-state index contributed by atoms with van der Waals surface area (Å²) in [6, 6.07) is 0.660. The van der Waals surface area contributed by atoms with Crippen molar-refractivity contribution < 1.29 is 14.6 Å². The van der Waals surface area contributed by atoms with Gasteiger partial charge in [0.05, 0.1) is 19.1 Å². The maximum atomic E-state index is 10.8. The van der Waals surface area contributed by atoms with E-state index in [0.29, 0.717) is 12.6 Å². The molecule has 2 aliphatic rings. The first kappa shape index (κ1) is 14.8. The Morgan fingerprint density at radius 2 is 2.05 bits per heavy atom. The van der Waals surface area contributed by atoms with Gasteiger partial charge in [-0.15, -0.1) is 0 Å². The molecule has 1 aliphatic heterocycles. The monoisotopic (exact) mass is 269 g/mol. The molecular formula is C15H27NO3. The van der Waals surface area contributed by atoms with Crippen molar-refractivity contribution >= 4 is 5.97 Å². The summed E-state index contributed by atoms with van der Waals surface area (Å²) in [7, 11) is 0. The van der Waals surface area contributed by atoms with Gasteiger partial charge in [-0.3, -0.25) is 9.69 Å². The Hall–Kier alpha value is -0.610. The Bertz CT molecular complexity index is 287. The van der Waals surface area contributed by atoms with Crippen LogP contribution in [0, 0.1) is 5.92 Å². The number of hydrogen-bond donors (Lipinski definition) is 1. The Morgan fingerprint density at radius 1 is 1.32 bits per heavy atom. The van der Waals surface area contributed by atoms with Crippen molar-refractivity contribution in [1.82, 2.24) is 4.90 Å². The van der Waals surface area contributed by atoms with E-state index >= 15 is 0 Å². The molecule has 1 N–H and O–H groups in total. The van der Waals surface area contributed by atoms with Crippen LogP contribution >= 0.6 is 0 Å². The normalized spacial score (nSPS) is 33.2. The van der Waals surface area contributed by atoms with Crippen LogP contribution in [0.2, 0.25) is 0 Å². The van der Waals surface area contributed by atoms with Gasteiger partial charge in [0.2, 0.25) is 0 Å². The van der Waals surface area contributed by atoms with Gasteiger partial charge in [-0.1, -0.05) is 19.8 Å². The fourth-order valence-electron chi connectivity index (χ4n) is 3.60. The topological polar surface area (TPSA) is 49.8 Å². The molecule has 1 aliphatic carbocycles. The van der Waals surface area contributed by atoms with Crippen LogP contribution in [0.5, 0.6) is 0 Å². The van der Waals surface area contributed by atoms with Crippen LogP contribution in [0.15, 0.2) is 0 Å². The number of carbonyl (C=O) groups is 1. The van der Waals surface area contributed by atoms with Gasteiger partial charge < -0.3 is 9.84 Å². The Kier molecular flexibility index (Phi) is 5.64. The number of aliphatic carboxylic acids is 1. The summed E-state index contributed by atoms with van der Waals surface area (Å²) < 4.78 is 5.55. The molecule has 19 heavy (non-hydrogen) atoms. The lowest BCUT2D eigenvalue weighted by molar-refractivity contribution is -0.142. The van der Waals surface area contributed by atoms with Crippen LogP contribution in [0.1, 0.15) is 51.9 Å². The summed E-state index contributed by atoms with van der Waals surface area (Å²) in [6.07, 6.45) is 7.96. The Balaban J connectivity index is 1.77. The van der Waals surface area contributed by atoms with Gasteiger partial charge in [0.15, 0.2) is 0 Å². The SMILES string of the molecule is CCCC1CCC(N2CCOC(CC(=O)O)C2)CC1. The molecule has 0 bridgehead atoms. The molecule has 0 radical (unpaired) electrons. The number of nitrogens with zero attached hydrogens (tertiary/aromatic N) is 1. The smallest absolute Gasteiger partial charge is 0.306 e. The van der Waals surface area contributed by atoms with Gasteiger partial charge in [-0.05, 0) is 31.6 Å². The predicted molar refractivity (Wildman–Crippen MR) is 74.2 cm³/mol. The molecule has 2 rings (SSSR count). The molecule has 0 aromatic rings. The third-order valence-electron chi connectivity index (χ3n) is 4.60. The van der Waals surface area contributed by atoms with Gasteiger partial charge in [-0.2, -0.15) is 0 Å². The van der Waals surface area contributed by atoms with Gasteiger partial charge >= 0.3 is 5.97 Å². The highest BCUT2D eigenvalue weighted by Gasteiger charge is 2.30. The number of hydrogen-bond acceptors (Lipinski definition) is 3. The summed E-state index contributed by atoms with van der Waals surface area (Å²) in [5, 5.41) is 8.86. The average molecular weight is 269 g/mol. The fraction of sp³-hybridized carbons (Fsp3) is 0.933. The van der Waals surface area contributed by atoms with Gasteiger partial charge in [0.1, 0.15) is 0 Å². The lowest BCUT2D eigenvalue weighted by Crippen LogP contribution is -2.49. The number of carboxylic acid groups (broad SMARTS) is 1. The third kappa shape index (κ3) is 4.46. The number of morpholine rings is 1. The second kappa shape index (κ2) is 7.25. The summed E-state index contributed by atoms with van der Waals surface area (Å²) in [5.74, 6) is 0.176. The molecule has 2 fully saturated rings. The van der Waals surface area contributed by atoms with Crippen molar-refractivity contribution in [3.05, 3.63) is 0 Å². The van der Waals surface area contributed by atoms with Crippen LogP contribution in [-0.4, -0.2) is 47.8 Å². The molecule has 4 nitrogen and oxygen atoms in total. The molecule has 1 unspecified atom stereocenters. The molecule has 1 atom stereocenters. The predicted octanol–water partition coefficient (Wildman–Crippen LogP) is 2.52. The maximum absolute atomic E-state index is 10.8. The van der Waals surface area contributed by atoms with E-state index in [9.17, 15) is 4.79 Å². The number of rotatable bonds is 5. The van der Waals surface area contributed by atoms with Crippen LogP contribution in [0.3, 0.4) is 0 Å². The van der Waals surface area contributed by atoms with Crippen molar-refractivity contribution in [2.75, 3.05) is 19.7 Å². The van der Waals surface area contributed by atoms with E-state index in [2.05, 4.69) is 11.8 Å². The van der Waals surface area contributed by atoms with Gasteiger partial charge in [-0.25, -0.2) is 0 Å². The van der Waals surface area contributed by atoms with Crippen LogP contribution in [0.4, 0.5) is 0 Å². The van der Waals surface area contributed by atoms with E-state index in [1.54, 1.807) is 0 Å². The molecule has 1 saturated carbocycles. The third-order valence-corrected chi connectivity index (χ3v) is 4.60. The molecule has 4 heteroatoms. The van der Waals surface area contributed by atoms with Gasteiger partial charge in [0, 0.05) is 19.1 Å². The molecule has 0 aromatic carbocycles. The second-order valence-electron chi connectivity index (χ2n) is 6.05. The van der Waals surface area contributed by atoms with E-state index in [0.717, 1.165) is 19.0 Å². The highest BCUT2D eigenvalue weighted by atomic mass is 16.5. The van der Waals surface area contributed by atoms with E-state index in [1.165, 1.54) is 38.5 Å². The minimum absolute atomic E-state index is 0.111. The van der Waals surface area contributed by atoms with E-state index in [4.69, 9.17) is 9.84 Å². The van der Waals surface area contributed by atoms with Crippen molar-refractivity contribution in [2.24, 2.45) is 5.92 Å². The zero-order chi connectivity index (χ0) is 13.7. The minimum atomic E-state index is -0.751. The Morgan fingerprint density at radius 3 is 2.68 bits per heavy atom. The van der Waals surface area contributed by atoms with Crippen LogP contribution in [-0.2, 0) is 9.53 Å². The molecule has 0 spiro atoms. The Labute approximate surface area is 116 Å². The van der Waals surface area contributed by atoms with Crippen LogP contribution in [0.25, 0.3) is 0 Å². The van der Waals surface area contributed by atoms with E-state index in [-0.39, 0.29) is 12.5 Å². The van der Waals surface area contributed by atoms with Gasteiger partial charge in [0.25, 0.3) is 0 Å².